The number of halogens is 2. The highest BCUT2D eigenvalue weighted by Gasteiger charge is 2.39. The van der Waals surface area contributed by atoms with Gasteiger partial charge in [-0.05, 0) is 38.0 Å². The molecule has 9 heteroatoms. The maximum atomic E-state index is 13.7. The molecule has 1 atom stereocenters. The topological polar surface area (TPSA) is 66.5 Å². The molecular formula is C17H18F2N2O3S2. The third kappa shape index (κ3) is 3.79. The van der Waals surface area contributed by atoms with Crippen molar-refractivity contribution >= 4 is 27.3 Å². The fourth-order valence-electron chi connectivity index (χ4n) is 2.92. The van der Waals surface area contributed by atoms with Crippen molar-refractivity contribution in [3.8, 4) is 0 Å². The molecule has 5 nitrogen and oxygen atoms in total. The summed E-state index contributed by atoms with van der Waals surface area (Å²) >= 11 is 1.16. The van der Waals surface area contributed by atoms with Gasteiger partial charge in [0.2, 0.25) is 5.91 Å². The molecule has 1 aliphatic rings. The largest absolute Gasteiger partial charge is 0.351 e. The van der Waals surface area contributed by atoms with Gasteiger partial charge >= 0.3 is 0 Å². The monoisotopic (exact) mass is 400 g/mol. The zero-order valence-corrected chi connectivity index (χ0v) is 15.7. The Morgan fingerprint density at radius 2 is 2.08 bits per heavy atom. The first-order chi connectivity index (χ1) is 12.3. The molecule has 0 aliphatic carbocycles. The Labute approximate surface area is 154 Å². The van der Waals surface area contributed by atoms with Crippen LogP contribution in [0.3, 0.4) is 0 Å². The van der Waals surface area contributed by atoms with Gasteiger partial charge in [-0.25, -0.2) is 17.2 Å². The van der Waals surface area contributed by atoms with Crippen LogP contribution < -0.4 is 5.32 Å². The summed E-state index contributed by atoms with van der Waals surface area (Å²) in [6, 6.07) is 5.54. The lowest BCUT2D eigenvalue weighted by atomic mass is 10.2. The zero-order valence-electron chi connectivity index (χ0n) is 14.0. The Morgan fingerprint density at radius 3 is 2.73 bits per heavy atom. The van der Waals surface area contributed by atoms with Crippen LogP contribution in [0.1, 0.15) is 23.3 Å². The molecule has 1 aromatic carbocycles. The van der Waals surface area contributed by atoms with E-state index in [1.807, 2.05) is 6.92 Å². The molecule has 1 amide bonds. The van der Waals surface area contributed by atoms with Crippen LogP contribution in [0.4, 0.5) is 8.78 Å². The van der Waals surface area contributed by atoms with Gasteiger partial charge in [-0.2, -0.15) is 4.31 Å². The van der Waals surface area contributed by atoms with E-state index >= 15 is 0 Å². The minimum atomic E-state index is -3.74. The maximum absolute atomic E-state index is 13.7. The fourth-order valence-corrected chi connectivity index (χ4v) is 5.99. The van der Waals surface area contributed by atoms with E-state index in [0.29, 0.717) is 12.8 Å². The summed E-state index contributed by atoms with van der Waals surface area (Å²) < 4.78 is 53.6. The van der Waals surface area contributed by atoms with Crippen LogP contribution >= 0.6 is 11.3 Å². The van der Waals surface area contributed by atoms with Crippen molar-refractivity contribution in [3.63, 3.8) is 0 Å². The Kier molecular flexibility index (Phi) is 5.40. The third-order valence-electron chi connectivity index (χ3n) is 4.25. The molecule has 0 spiro atoms. The van der Waals surface area contributed by atoms with Gasteiger partial charge in [0.1, 0.15) is 21.9 Å². The van der Waals surface area contributed by atoms with Gasteiger partial charge in [0, 0.05) is 29.6 Å². The molecule has 0 bridgehead atoms. The highest BCUT2D eigenvalue weighted by molar-refractivity contribution is 7.91. The number of carbonyl (C=O) groups is 1. The number of nitrogens with one attached hydrogen (secondary N) is 1. The maximum Gasteiger partial charge on any atom is 0.253 e. The number of amides is 1. The number of carbonyl (C=O) groups excluding carboxylic acids is 1. The Balaban J connectivity index is 1.72. The summed E-state index contributed by atoms with van der Waals surface area (Å²) in [5, 5.41) is 2.56. The van der Waals surface area contributed by atoms with E-state index < -0.39 is 33.6 Å². The van der Waals surface area contributed by atoms with E-state index in [1.165, 1.54) is 16.4 Å². The molecule has 1 aliphatic heterocycles. The Bertz CT molecular complexity index is 928. The summed E-state index contributed by atoms with van der Waals surface area (Å²) in [4.78, 5) is 13.4. The molecule has 3 rings (SSSR count). The van der Waals surface area contributed by atoms with Gasteiger partial charge in [-0.15, -0.1) is 11.3 Å². The van der Waals surface area contributed by atoms with Crippen LogP contribution in [0.25, 0.3) is 0 Å². The molecule has 0 unspecified atom stereocenters. The van der Waals surface area contributed by atoms with Gasteiger partial charge in [0.05, 0.1) is 0 Å². The van der Waals surface area contributed by atoms with Gasteiger partial charge in [-0.3, -0.25) is 4.79 Å². The second-order valence-corrected chi connectivity index (χ2v) is 9.50. The second kappa shape index (κ2) is 7.42. The van der Waals surface area contributed by atoms with Crippen molar-refractivity contribution in [1.82, 2.24) is 9.62 Å². The van der Waals surface area contributed by atoms with Crippen LogP contribution in [0.2, 0.25) is 0 Å². The van der Waals surface area contributed by atoms with Crippen molar-refractivity contribution in [2.75, 3.05) is 6.54 Å². The summed E-state index contributed by atoms with van der Waals surface area (Å²) in [5.41, 5.74) is 0.140. The summed E-state index contributed by atoms with van der Waals surface area (Å²) in [6.07, 6.45) is 0.980. The second-order valence-electron chi connectivity index (χ2n) is 6.09. The first kappa shape index (κ1) is 18.9. The number of sulfonamides is 1. The number of aryl methyl sites for hydroxylation is 1. The lowest BCUT2D eigenvalue weighted by Gasteiger charge is -2.22. The Hall–Kier alpha value is -1.84. The highest BCUT2D eigenvalue weighted by atomic mass is 32.2. The van der Waals surface area contributed by atoms with Crippen LogP contribution in [0, 0.1) is 18.6 Å². The molecule has 0 saturated carbocycles. The van der Waals surface area contributed by atoms with Gasteiger partial charge in [-0.1, -0.05) is 6.07 Å². The predicted octanol–water partition coefficient (Wildman–Crippen LogP) is 2.80. The zero-order chi connectivity index (χ0) is 18.9. The van der Waals surface area contributed by atoms with Crippen molar-refractivity contribution in [3.05, 3.63) is 52.4 Å². The van der Waals surface area contributed by atoms with Crippen LogP contribution in [0.15, 0.2) is 34.5 Å². The summed E-state index contributed by atoms with van der Waals surface area (Å²) in [7, 11) is -3.74. The number of hydrogen-bond acceptors (Lipinski definition) is 4. The minimum absolute atomic E-state index is 0.132. The van der Waals surface area contributed by atoms with Gasteiger partial charge < -0.3 is 5.32 Å². The summed E-state index contributed by atoms with van der Waals surface area (Å²) in [6.45, 7) is 1.95. The molecular weight excluding hydrogens is 382 g/mol. The number of hydrogen-bond donors (Lipinski definition) is 1. The molecule has 0 radical (unpaired) electrons. The molecule has 1 fully saturated rings. The van der Waals surface area contributed by atoms with Crippen molar-refractivity contribution < 1.29 is 22.0 Å². The molecule has 1 saturated heterocycles. The third-order valence-corrected chi connectivity index (χ3v) is 7.63. The SMILES string of the molecule is Cc1ccc(S(=O)(=O)N2CCC[C@H]2C(=O)NCc2ccc(F)cc2F)s1. The molecule has 1 N–H and O–H groups in total. The fraction of sp³-hybridized carbons (Fsp3) is 0.353. The van der Waals surface area contributed by atoms with Crippen molar-refractivity contribution in [2.45, 2.75) is 36.6 Å². The average Bonchev–Trinajstić information content (AvgIpc) is 3.23. The lowest BCUT2D eigenvalue weighted by molar-refractivity contribution is -0.124. The quantitative estimate of drug-likeness (QED) is 0.839. The van der Waals surface area contributed by atoms with E-state index in [1.54, 1.807) is 6.07 Å². The van der Waals surface area contributed by atoms with E-state index in [0.717, 1.165) is 28.3 Å². The van der Waals surface area contributed by atoms with E-state index in [9.17, 15) is 22.0 Å². The molecule has 2 aromatic rings. The predicted molar refractivity (Wildman–Crippen MR) is 94.2 cm³/mol. The smallest absolute Gasteiger partial charge is 0.253 e. The van der Waals surface area contributed by atoms with Crippen LogP contribution in [-0.4, -0.2) is 31.2 Å². The van der Waals surface area contributed by atoms with Crippen molar-refractivity contribution in [1.29, 1.82) is 0 Å². The lowest BCUT2D eigenvalue weighted by Crippen LogP contribution is -2.45. The highest BCUT2D eigenvalue weighted by Crippen LogP contribution is 2.30. The molecule has 1 aromatic heterocycles. The van der Waals surface area contributed by atoms with Crippen LogP contribution in [-0.2, 0) is 21.4 Å². The van der Waals surface area contributed by atoms with Crippen molar-refractivity contribution in [2.24, 2.45) is 0 Å². The normalized spacial score (nSPS) is 18.2. The minimum Gasteiger partial charge on any atom is -0.351 e. The Morgan fingerprint density at radius 1 is 1.31 bits per heavy atom. The van der Waals surface area contributed by atoms with Crippen LogP contribution in [0.5, 0.6) is 0 Å². The van der Waals surface area contributed by atoms with E-state index in [2.05, 4.69) is 5.32 Å². The molecule has 26 heavy (non-hydrogen) atoms. The number of rotatable bonds is 5. The number of thiophene rings is 1. The first-order valence-corrected chi connectivity index (χ1v) is 10.3. The standard InChI is InChI=1S/C17H18F2N2O3S2/c1-11-4-7-16(25-11)26(23,24)21-8-2-3-15(21)17(22)20-10-12-5-6-13(18)9-14(12)19/h4-7,9,15H,2-3,8,10H2,1H3,(H,20,22)/t15-/m0/s1. The van der Waals surface area contributed by atoms with E-state index in [4.69, 9.17) is 0 Å². The van der Waals surface area contributed by atoms with Gasteiger partial charge in [0.15, 0.2) is 0 Å². The van der Waals surface area contributed by atoms with E-state index in [-0.39, 0.29) is 22.9 Å². The van der Waals surface area contributed by atoms with Gasteiger partial charge in [0.25, 0.3) is 10.0 Å². The molecule has 140 valence electrons. The average molecular weight is 400 g/mol. The summed E-state index contributed by atoms with van der Waals surface area (Å²) in [5.74, 6) is -1.93. The molecule has 2 heterocycles. The number of nitrogens with zero attached hydrogens (tertiary/aromatic N) is 1. The first-order valence-electron chi connectivity index (χ1n) is 8.09. The number of benzene rings is 1.